The van der Waals surface area contributed by atoms with Crippen LogP contribution in [0.3, 0.4) is 0 Å². The van der Waals surface area contributed by atoms with E-state index in [2.05, 4.69) is 15.6 Å². The number of nitrogens with zero attached hydrogens (tertiary/aromatic N) is 1. The molecule has 2 aromatic rings. The molecule has 0 atom stereocenters. The summed E-state index contributed by atoms with van der Waals surface area (Å²) in [4.78, 5) is 28.0. The lowest BCUT2D eigenvalue weighted by Gasteiger charge is -2.14. The fourth-order valence-corrected chi connectivity index (χ4v) is 2.12. The van der Waals surface area contributed by atoms with Crippen molar-refractivity contribution in [3.05, 3.63) is 42.2 Å². The van der Waals surface area contributed by atoms with Crippen molar-refractivity contribution in [3.8, 4) is 17.2 Å². The molecule has 8 heteroatoms. The number of amides is 2. The highest BCUT2D eigenvalue weighted by Gasteiger charge is 2.17. The zero-order valence-electron chi connectivity index (χ0n) is 14.2. The van der Waals surface area contributed by atoms with E-state index in [0.717, 1.165) is 0 Å². The molecule has 0 spiro atoms. The van der Waals surface area contributed by atoms with Crippen LogP contribution in [-0.4, -0.2) is 44.7 Å². The van der Waals surface area contributed by atoms with E-state index in [1.165, 1.54) is 33.5 Å². The van der Waals surface area contributed by atoms with Gasteiger partial charge in [-0.15, -0.1) is 0 Å². The van der Waals surface area contributed by atoms with Gasteiger partial charge in [0, 0.05) is 23.6 Å². The lowest BCUT2D eigenvalue weighted by atomic mass is 10.1. The van der Waals surface area contributed by atoms with Crippen molar-refractivity contribution >= 4 is 17.5 Å². The number of pyridine rings is 1. The van der Waals surface area contributed by atoms with E-state index in [-0.39, 0.29) is 18.0 Å². The fraction of sp³-hybridized carbons (Fsp3) is 0.235. The maximum absolute atomic E-state index is 12.3. The zero-order chi connectivity index (χ0) is 18.2. The Balaban J connectivity index is 2.04. The van der Waals surface area contributed by atoms with Crippen LogP contribution in [0.2, 0.25) is 0 Å². The second-order valence-corrected chi connectivity index (χ2v) is 4.88. The van der Waals surface area contributed by atoms with Crippen molar-refractivity contribution in [3.63, 3.8) is 0 Å². The van der Waals surface area contributed by atoms with Gasteiger partial charge in [-0.25, -0.2) is 0 Å². The first-order valence-electron chi connectivity index (χ1n) is 7.37. The summed E-state index contributed by atoms with van der Waals surface area (Å²) < 4.78 is 15.6. The minimum Gasteiger partial charge on any atom is -0.493 e. The number of hydrogen-bond donors (Lipinski definition) is 2. The normalized spacial score (nSPS) is 9.88. The van der Waals surface area contributed by atoms with Crippen LogP contribution in [0.15, 0.2) is 36.7 Å². The van der Waals surface area contributed by atoms with Crippen LogP contribution in [0.1, 0.15) is 10.4 Å². The number of anilines is 1. The molecule has 0 unspecified atom stereocenters. The Labute approximate surface area is 145 Å². The second kappa shape index (κ2) is 8.53. The average molecular weight is 345 g/mol. The van der Waals surface area contributed by atoms with Crippen molar-refractivity contribution in [2.45, 2.75) is 0 Å². The molecule has 2 N–H and O–H groups in total. The Kier molecular flexibility index (Phi) is 6.16. The van der Waals surface area contributed by atoms with Crippen LogP contribution >= 0.6 is 0 Å². The number of ether oxygens (including phenoxy) is 3. The minimum atomic E-state index is -0.441. The fourth-order valence-electron chi connectivity index (χ4n) is 2.12. The Hall–Kier alpha value is -3.29. The summed E-state index contributed by atoms with van der Waals surface area (Å²) in [5, 5.41) is 5.19. The van der Waals surface area contributed by atoms with Crippen LogP contribution in [-0.2, 0) is 4.79 Å². The summed E-state index contributed by atoms with van der Waals surface area (Å²) in [7, 11) is 4.39. The molecule has 0 aliphatic carbocycles. The topological polar surface area (TPSA) is 98.8 Å². The molecule has 0 aliphatic heterocycles. The standard InChI is InChI=1S/C17H19N3O5/c1-23-13-8-11(9-14(24-2)16(13)25-3)17(22)19-10-15(21)20-12-4-6-18-7-5-12/h4-9H,10H2,1-3H3,(H,19,22)(H,18,20,21). The summed E-state index contributed by atoms with van der Waals surface area (Å²) in [6.45, 7) is -0.183. The molecule has 0 bridgehead atoms. The predicted molar refractivity (Wildman–Crippen MR) is 91.3 cm³/mol. The summed E-state index contributed by atoms with van der Waals surface area (Å²) in [5.74, 6) is 0.301. The van der Waals surface area contributed by atoms with E-state index in [0.29, 0.717) is 22.9 Å². The molecule has 1 aromatic carbocycles. The van der Waals surface area contributed by atoms with Crippen LogP contribution in [0.4, 0.5) is 5.69 Å². The van der Waals surface area contributed by atoms with Gasteiger partial charge < -0.3 is 24.8 Å². The molecule has 0 saturated carbocycles. The van der Waals surface area contributed by atoms with Crippen molar-refractivity contribution in [1.82, 2.24) is 10.3 Å². The third kappa shape index (κ3) is 4.60. The van der Waals surface area contributed by atoms with Gasteiger partial charge in [0.1, 0.15) is 0 Å². The Morgan fingerprint density at radius 2 is 1.60 bits per heavy atom. The number of carbonyl (C=O) groups is 2. The molecule has 1 aromatic heterocycles. The monoisotopic (exact) mass is 345 g/mol. The smallest absolute Gasteiger partial charge is 0.251 e. The molecule has 1 heterocycles. The van der Waals surface area contributed by atoms with Crippen LogP contribution in [0.25, 0.3) is 0 Å². The summed E-state index contributed by atoms with van der Waals surface area (Å²) in [6, 6.07) is 6.33. The van der Waals surface area contributed by atoms with Gasteiger partial charge in [0.15, 0.2) is 11.5 Å². The number of carbonyl (C=O) groups excluding carboxylic acids is 2. The second-order valence-electron chi connectivity index (χ2n) is 4.88. The molecule has 0 aliphatic rings. The van der Waals surface area contributed by atoms with Crippen LogP contribution < -0.4 is 24.8 Å². The third-order valence-electron chi connectivity index (χ3n) is 3.30. The summed E-state index contributed by atoms with van der Waals surface area (Å²) >= 11 is 0. The van der Waals surface area contributed by atoms with E-state index in [1.54, 1.807) is 24.5 Å². The maximum Gasteiger partial charge on any atom is 0.251 e. The number of aromatic nitrogens is 1. The Bertz CT molecular complexity index is 724. The number of benzene rings is 1. The highest BCUT2D eigenvalue weighted by Crippen LogP contribution is 2.38. The number of methoxy groups -OCH3 is 3. The largest absolute Gasteiger partial charge is 0.493 e. The quantitative estimate of drug-likeness (QED) is 0.789. The van der Waals surface area contributed by atoms with Gasteiger partial charge >= 0.3 is 0 Å². The van der Waals surface area contributed by atoms with Gasteiger partial charge in [-0.05, 0) is 24.3 Å². The molecule has 2 rings (SSSR count). The molecule has 0 radical (unpaired) electrons. The van der Waals surface area contributed by atoms with Crippen molar-refractivity contribution in [2.75, 3.05) is 33.2 Å². The first kappa shape index (κ1) is 18.1. The minimum absolute atomic E-state index is 0.183. The van der Waals surface area contributed by atoms with E-state index in [9.17, 15) is 9.59 Å². The third-order valence-corrected chi connectivity index (χ3v) is 3.30. The molecular weight excluding hydrogens is 326 g/mol. The zero-order valence-corrected chi connectivity index (χ0v) is 14.2. The van der Waals surface area contributed by atoms with E-state index >= 15 is 0 Å². The molecule has 0 fully saturated rings. The lowest BCUT2D eigenvalue weighted by Crippen LogP contribution is -2.32. The predicted octanol–water partition coefficient (Wildman–Crippen LogP) is 1.48. The lowest BCUT2D eigenvalue weighted by molar-refractivity contribution is -0.115. The first-order chi connectivity index (χ1) is 12.1. The average Bonchev–Trinajstić information content (AvgIpc) is 2.65. The molecule has 2 amide bonds. The van der Waals surface area contributed by atoms with Crippen molar-refractivity contribution in [2.24, 2.45) is 0 Å². The first-order valence-corrected chi connectivity index (χ1v) is 7.37. The SMILES string of the molecule is COc1cc(C(=O)NCC(=O)Nc2ccncc2)cc(OC)c1OC. The maximum atomic E-state index is 12.3. The molecule has 8 nitrogen and oxygen atoms in total. The molecule has 0 saturated heterocycles. The molecule has 25 heavy (non-hydrogen) atoms. The summed E-state index contributed by atoms with van der Waals surface area (Å²) in [6.07, 6.45) is 3.12. The van der Waals surface area contributed by atoms with E-state index in [1.807, 2.05) is 0 Å². The van der Waals surface area contributed by atoms with Gasteiger partial charge in [0.05, 0.1) is 27.9 Å². The van der Waals surface area contributed by atoms with Gasteiger partial charge in [0.2, 0.25) is 11.7 Å². The van der Waals surface area contributed by atoms with Gasteiger partial charge in [0.25, 0.3) is 5.91 Å². The number of hydrogen-bond acceptors (Lipinski definition) is 6. The highest BCUT2D eigenvalue weighted by atomic mass is 16.5. The van der Waals surface area contributed by atoms with E-state index in [4.69, 9.17) is 14.2 Å². The highest BCUT2D eigenvalue weighted by molar-refractivity contribution is 6.00. The molecule has 132 valence electrons. The van der Waals surface area contributed by atoms with Crippen molar-refractivity contribution in [1.29, 1.82) is 0 Å². The van der Waals surface area contributed by atoms with Gasteiger partial charge in [-0.1, -0.05) is 0 Å². The van der Waals surface area contributed by atoms with Gasteiger partial charge in [-0.2, -0.15) is 0 Å². The Morgan fingerprint density at radius 1 is 1.00 bits per heavy atom. The van der Waals surface area contributed by atoms with Crippen molar-refractivity contribution < 1.29 is 23.8 Å². The summed E-state index contributed by atoms with van der Waals surface area (Å²) in [5.41, 5.74) is 0.883. The Morgan fingerprint density at radius 3 is 2.12 bits per heavy atom. The van der Waals surface area contributed by atoms with E-state index < -0.39 is 5.91 Å². The van der Waals surface area contributed by atoms with Crippen LogP contribution in [0.5, 0.6) is 17.2 Å². The number of rotatable bonds is 7. The molecular formula is C17H19N3O5. The van der Waals surface area contributed by atoms with Gasteiger partial charge in [-0.3, -0.25) is 14.6 Å². The van der Waals surface area contributed by atoms with Crippen LogP contribution in [0, 0.1) is 0 Å². The number of nitrogens with one attached hydrogen (secondary N) is 2.